The number of aromatic amines is 1. The number of methoxy groups -OCH3 is 1. The molecule has 1 unspecified atom stereocenters. The molecule has 3 heterocycles. The van der Waals surface area contributed by atoms with Crippen LogP contribution in [0.2, 0.25) is 0 Å². The van der Waals surface area contributed by atoms with Gasteiger partial charge in [0.2, 0.25) is 0 Å². The van der Waals surface area contributed by atoms with Gasteiger partial charge >= 0.3 is 5.97 Å². The smallest absolute Gasteiger partial charge is 0.341 e. The molecule has 0 radical (unpaired) electrons. The lowest BCUT2D eigenvalue weighted by Crippen LogP contribution is -2.25. The van der Waals surface area contributed by atoms with Crippen LogP contribution in [0.4, 0.5) is 0 Å². The van der Waals surface area contributed by atoms with Crippen molar-refractivity contribution in [3.63, 3.8) is 0 Å². The molecule has 0 spiro atoms. The number of benzene rings is 1. The molecule has 3 aliphatic heterocycles. The molecule has 146 valence electrons. The summed E-state index contributed by atoms with van der Waals surface area (Å²) in [5.41, 5.74) is 2.01. The number of carbonyl (C=O) groups excluding carboxylic acids is 1. The topological polar surface area (TPSA) is 100 Å². The Balaban J connectivity index is 1.64. The van der Waals surface area contributed by atoms with E-state index in [0.717, 1.165) is 24.3 Å². The fourth-order valence-electron chi connectivity index (χ4n) is 3.63. The Hall–Kier alpha value is -2.97. The first-order valence-corrected chi connectivity index (χ1v) is 9.26. The predicted octanol–water partition coefficient (Wildman–Crippen LogP) is 1.58. The van der Waals surface area contributed by atoms with Crippen LogP contribution in [-0.2, 0) is 4.74 Å². The highest BCUT2D eigenvalue weighted by Crippen LogP contribution is 2.24. The number of ether oxygens (including phenoxy) is 1. The van der Waals surface area contributed by atoms with Crippen LogP contribution in [-0.4, -0.2) is 57.5 Å². The Kier molecular flexibility index (Phi) is 4.97. The number of carbonyl (C=O) groups is 1. The van der Waals surface area contributed by atoms with Crippen molar-refractivity contribution in [3.05, 3.63) is 58.1 Å². The molecule has 2 N–H and O–H groups in total. The third kappa shape index (κ3) is 3.44. The van der Waals surface area contributed by atoms with Crippen molar-refractivity contribution in [3.8, 4) is 16.9 Å². The Bertz CT molecular complexity index is 1000. The van der Waals surface area contributed by atoms with Crippen LogP contribution in [0, 0.1) is 0 Å². The molecule has 28 heavy (non-hydrogen) atoms. The summed E-state index contributed by atoms with van der Waals surface area (Å²) in [7, 11) is 1.28. The van der Waals surface area contributed by atoms with Crippen molar-refractivity contribution in [1.29, 1.82) is 0 Å². The van der Waals surface area contributed by atoms with E-state index < -0.39 is 12.1 Å². The summed E-state index contributed by atoms with van der Waals surface area (Å²) in [6, 6.07) is 7.41. The number of hydrogen-bond acceptors (Lipinski definition) is 6. The summed E-state index contributed by atoms with van der Waals surface area (Å²) in [5, 5.41) is 16.8. The first kappa shape index (κ1) is 18.4. The Morgan fingerprint density at radius 3 is 2.64 bits per heavy atom. The molecule has 1 aromatic rings. The van der Waals surface area contributed by atoms with Gasteiger partial charge in [-0.1, -0.05) is 12.1 Å². The number of rotatable bonds is 5. The molecular formula is C20H22N4O4. The van der Waals surface area contributed by atoms with Crippen LogP contribution >= 0.6 is 0 Å². The molecule has 3 aliphatic rings. The average molecular weight is 382 g/mol. The van der Waals surface area contributed by atoms with Gasteiger partial charge in [0.1, 0.15) is 11.3 Å². The summed E-state index contributed by atoms with van der Waals surface area (Å²) in [5.74, 6) is -0.566. The predicted molar refractivity (Wildman–Crippen MR) is 103 cm³/mol. The lowest BCUT2D eigenvalue weighted by Gasteiger charge is -2.20. The third-order valence-corrected chi connectivity index (χ3v) is 5.17. The van der Waals surface area contributed by atoms with Crippen LogP contribution in [0.5, 0.6) is 0 Å². The van der Waals surface area contributed by atoms with Crippen LogP contribution in [0.15, 0.2) is 41.5 Å². The van der Waals surface area contributed by atoms with Crippen molar-refractivity contribution in [2.75, 3.05) is 26.7 Å². The average Bonchev–Trinajstić information content (AvgIpc) is 3.37. The van der Waals surface area contributed by atoms with E-state index in [-0.39, 0.29) is 16.8 Å². The fourth-order valence-corrected chi connectivity index (χ4v) is 3.63. The highest BCUT2D eigenvalue weighted by atomic mass is 16.5. The number of nitrogens with zero attached hydrogens (tertiary/aromatic N) is 3. The molecule has 0 aliphatic carbocycles. The van der Waals surface area contributed by atoms with Crippen molar-refractivity contribution in [2.24, 2.45) is 0 Å². The molecule has 0 aromatic heterocycles. The van der Waals surface area contributed by atoms with E-state index in [9.17, 15) is 14.7 Å². The SMILES string of the molecule is COC(=O)c1cn(-c2ccc(C(O)CN3CCCC3)cc2)cc2c(=O)[nH]nc1-2. The van der Waals surface area contributed by atoms with Crippen LogP contribution < -0.4 is 5.56 Å². The summed E-state index contributed by atoms with van der Waals surface area (Å²) in [6.07, 6.45) is 5.03. The second-order valence-electron chi connectivity index (χ2n) is 7.00. The molecule has 1 atom stereocenters. The van der Waals surface area contributed by atoms with E-state index in [1.54, 1.807) is 17.0 Å². The van der Waals surface area contributed by atoms with Gasteiger partial charge in [-0.2, -0.15) is 5.10 Å². The zero-order chi connectivity index (χ0) is 19.7. The van der Waals surface area contributed by atoms with E-state index in [1.165, 1.54) is 20.0 Å². The molecule has 4 rings (SSSR count). The number of H-pyrrole nitrogens is 1. The summed E-state index contributed by atoms with van der Waals surface area (Å²) in [6.45, 7) is 2.69. The highest BCUT2D eigenvalue weighted by molar-refractivity contribution is 5.96. The van der Waals surface area contributed by atoms with Gasteiger partial charge in [0, 0.05) is 24.6 Å². The minimum absolute atomic E-state index is 0.205. The largest absolute Gasteiger partial charge is 0.465 e. The Morgan fingerprint density at radius 2 is 1.96 bits per heavy atom. The lowest BCUT2D eigenvalue weighted by molar-refractivity contribution is 0.0600. The fraction of sp³-hybridized carbons (Fsp3) is 0.350. The zero-order valence-corrected chi connectivity index (χ0v) is 15.6. The lowest BCUT2D eigenvalue weighted by atomic mass is 10.1. The first-order chi connectivity index (χ1) is 13.6. The highest BCUT2D eigenvalue weighted by Gasteiger charge is 2.22. The molecular weight excluding hydrogens is 360 g/mol. The second kappa shape index (κ2) is 7.57. The molecule has 1 fully saturated rings. The molecule has 1 saturated heterocycles. The number of aliphatic hydroxyl groups is 1. The van der Waals surface area contributed by atoms with E-state index in [4.69, 9.17) is 4.74 Å². The molecule has 8 heteroatoms. The second-order valence-corrected chi connectivity index (χ2v) is 7.00. The van der Waals surface area contributed by atoms with Gasteiger partial charge in [-0.25, -0.2) is 9.89 Å². The number of pyridine rings is 1. The van der Waals surface area contributed by atoms with E-state index in [0.29, 0.717) is 12.1 Å². The number of fused-ring (bicyclic) bond motifs is 1. The van der Waals surface area contributed by atoms with Gasteiger partial charge in [0.05, 0.1) is 18.8 Å². The van der Waals surface area contributed by atoms with Crippen LogP contribution in [0.3, 0.4) is 0 Å². The maximum absolute atomic E-state index is 12.1. The molecule has 0 bridgehead atoms. The quantitative estimate of drug-likeness (QED) is 0.650. The normalized spacial score (nSPS) is 15.8. The monoisotopic (exact) mass is 382 g/mol. The maximum atomic E-state index is 12.1. The van der Waals surface area contributed by atoms with Gasteiger partial charge in [-0.15, -0.1) is 0 Å². The van der Waals surface area contributed by atoms with Crippen molar-refractivity contribution in [2.45, 2.75) is 18.9 Å². The molecule has 0 saturated carbocycles. The Labute approximate surface area is 161 Å². The van der Waals surface area contributed by atoms with Crippen molar-refractivity contribution < 1.29 is 14.6 Å². The third-order valence-electron chi connectivity index (χ3n) is 5.17. The number of nitrogens with one attached hydrogen (secondary N) is 1. The standard InChI is InChI=1S/C20H22N4O4/c1-28-20(27)16-11-24(10-15-18(16)21-22-19(15)26)14-6-4-13(5-7-14)17(25)12-23-8-2-3-9-23/h4-7,10-11,17,25H,2-3,8-9,12H2,1H3,(H,22,26). The molecule has 0 amide bonds. The van der Waals surface area contributed by atoms with Gasteiger partial charge in [-0.05, 0) is 43.6 Å². The van der Waals surface area contributed by atoms with E-state index in [1.807, 2.05) is 24.3 Å². The number of aromatic nitrogens is 3. The number of aliphatic hydroxyl groups excluding tert-OH is 1. The minimum atomic E-state index is -0.566. The van der Waals surface area contributed by atoms with Crippen molar-refractivity contribution >= 4 is 5.97 Å². The Morgan fingerprint density at radius 1 is 1.25 bits per heavy atom. The summed E-state index contributed by atoms with van der Waals surface area (Å²) < 4.78 is 6.50. The number of esters is 1. The minimum Gasteiger partial charge on any atom is -0.465 e. The zero-order valence-electron chi connectivity index (χ0n) is 15.6. The summed E-state index contributed by atoms with van der Waals surface area (Å²) in [4.78, 5) is 26.4. The maximum Gasteiger partial charge on any atom is 0.341 e. The van der Waals surface area contributed by atoms with Gasteiger partial charge in [0.15, 0.2) is 0 Å². The van der Waals surface area contributed by atoms with Gasteiger partial charge in [0.25, 0.3) is 5.56 Å². The summed E-state index contributed by atoms with van der Waals surface area (Å²) >= 11 is 0. The number of likely N-dealkylation sites (tertiary alicyclic amines) is 1. The van der Waals surface area contributed by atoms with Crippen LogP contribution in [0.1, 0.15) is 34.9 Å². The van der Waals surface area contributed by atoms with E-state index in [2.05, 4.69) is 15.1 Å². The van der Waals surface area contributed by atoms with Gasteiger partial charge in [-0.3, -0.25) is 4.79 Å². The first-order valence-electron chi connectivity index (χ1n) is 9.26. The molecule has 8 nitrogen and oxygen atoms in total. The number of hydrogen-bond donors (Lipinski definition) is 2. The van der Waals surface area contributed by atoms with E-state index >= 15 is 0 Å². The van der Waals surface area contributed by atoms with Crippen molar-refractivity contribution in [1.82, 2.24) is 19.7 Å². The molecule has 1 aromatic carbocycles. The van der Waals surface area contributed by atoms with Gasteiger partial charge < -0.3 is 19.3 Å². The number of β-amino-alcohol motifs (C(OH)–C–C–N with tert-alkyl or cyclic N) is 1. The van der Waals surface area contributed by atoms with Crippen LogP contribution in [0.25, 0.3) is 16.9 Å².